The number of ether oxygens (including phenoxy) is 2. The van der Waals surface area contributed by atoms with E-state index in [1.165, 1.54) is 12.0 Å². The average Bonchev–Trinajstić information content (AvgIpc) is 2.48. The van der Waals surface area contributed by atoms with E-state index in [1.807, 2.05) is 19.5 Å². The number of methoxy groups -OCH3 is 1. The quantitative estimate of drug-likeness (QED) is 0.843. The van der Waals surface area contributed by atoms with Gasteiger partial charge in [0.2, 0.25) is 0 Å². The van der Waals surface area contributed by atoms with Crippen molar-refractivity contribution in [2.75, 3.05) is 33.4 Å². The van der Waals surface area contributed by atoms with E-state index < -0.39 is 0 Å². The first kappa shape index (κ1) is 14.0. The summed E-state index contributed by atoms with van der Waals surface area (Å²) in [7, 11) is 1.81. The molecule has 0 spiro atoms. The molecule has 2 aliphatic rings. The molecule has 2 saturated heterocycles. The molecule has 3 rings (SSSR count). The zero-order valence-electron chi connectivity index (χ0n) is 12.3. The Morgan fingerprint density at radius 3 is 3.10 bits per heavy atom. The molecule has 2 aliphatic heterocycles. The maximum Gasteiger partial charge on any atom is 0.0677 e. The van der Waals surface area contributed by atoms with E-state index >= 15 is 0 Å². The first-order valence-corrected chi connectivity index (χ1v) is 7.54. The first-order valence-electron chi connectivity index (χ1n) is 7.54. The van der Waals surface area contributed by atoms with Gasteiger partial charge in [0, 0.05) is 51.2 Å². The number of piperidine rings is 1. The number of likely N-dealkylation sites (tertiary alicyclic amines) is 1. The zero-order chi connectivity index (χ0) is 13.8. The number of hydrogen-bond donors (Lipinski definition) is 0. The van der Waals surface area contributed by atoms with E-state index in [9.17, 15) is 0 Å². The van der Waals surface area contributed by atoms with Gasteiger partial charge in [0.1, 0.15) is 0 Å². The molecule has 2 fully saturated rings. The highest BCUT2D eigenvalue weighted by Crippen LogP contribution is 2.40. The number of fused-ring (bicyclic) bond motifs is 1. The second kappa shape index (κ2) is 6.20. The fraction of sp³-hybridized carbons (Fsp3) is 0.688. The maximum atomic E-state index is 6.02. The Morgan fingerprint density at radius 2 is 2.30 bits per heavy atom. The Morgan fingerprint density at radius 1 is 1.45 bits per heavy atom. The maximum absolute atomic E-state index is 6.02. The smallest absolute Gasteiger partial charge is 0.0677 e. The third-order valence-corrected chi connectivity index (χ3v) is 4.65. The molecule has 0 aromatic carbocycles. The third kappa shape index (κ3) is 2.87. The summed E-state index contributed by atoms with van der Waals surface area (Å²) >= 11 is 0. The van der Waals surface area contributed by atoms with Crippen LogP contribution in [0, 0.1) is 5.41 Å². The van der Waals surface area contributed by atoms with Crippen LogP contribution in [0.25, 0.3) is 0 Å². The van der Waals surface area contributed by atoms with Gasteiger partial charge in [0.05, 0.1) is 12.7 Å². The number of aromatic nitrogens is 1. The van der Waals surface area contributed by atoms with E-state index in [-0.39, 0.29) is 5.41 Å². The summed E-state index contributed by atoms with van der Waals surface area (Å²) in [4.78, 5) is 6.63. The molecule has 0 radical (unpaired) electrons. The van der Waals surface area contributed by atoms with Gasteiger partial charge in [-0.3, -0.25) is 9.88 Å². The van der Waals surface area contributed by atoms with Crippen molar-refractivity contribution < 1.29 is 9.47 Å². The number of rotatable bonds is 4. The molecule has 1 aromatic rings. The number of hydrogen-bond acceptors (Lipinski definition) is 4. The van der Waals surface area contributed by atoms with Crippen molar-refractivity contribution in [3.05, 3.63) is 30.1 Å². The Kier molecular flexibility index (Phi) is 4.34. The molecule has 1 aromatic heterocycles. The molecule has 110 valence electrons. The minimum absolute atomic E-state index is 0.193. The van der Waals surface area contributed by atoms with Crippen molar-refractivity contribution in [1.29, 1.82) is 0 Å². The fourth-order valence-corrected chi connectivity index (χ4v) is 3.76. The lowest BCUT2D eigenvalue weighted by Gasteiger charge is -2.50. The lowest BCUT2D eigenvalue weighted by atomic mass is 9.73. The Bertz CT molecular complexity index is 422. The second-order valence-electron chi connectivity index (χ2n) is 6.11. The van der Waals surface area contributed by atoms with Crippen molar-refractivity contribution in [3.63, 3.8) is 0 Å². The zero-order valence-corrected chi connectivity index (χ0v) is 12.3. The summed E-state index contributed by atoms with van der Waals surface area (Å²) in [6.07, 6.45) is 7.62. The molecule has 4 heteroatoms. The van der Waals surface area contributed by atoms with Gasteiger partial charge in [-0.25, -0.2) is 0 Å². The van der Waals surface area contributed by atoms with Crippen molar-refractivity contribution in [2.45, 2.75) is 31.9 Å². The van der Waals surface area contributed by atoms with E-state index in [1.54, 1.807) is 0 Å². The van der Waals surface area contributed by atoms with Crippen molar-refractivity contribution in [3.8, 4) is 0 Å². The minimum atomic E-state index is 0.193. The van der Waals surface area contributed by atoms with Gasteiger partial charge in [-0.05, 0) is 37.0 Å². The summed E-state index contributed by atoms with van der Waals surface area (Å²) in [6.45, 7) is 4.91. The molecule has 3 heterocycles. The molecule has 2 atom stereocenters. The van der Waals surface area contributed by atoms with Gasteiger partial charge in [0.15, 0.2) is 0 Å². The van der Waals surface area contributed by atoms with Crippen LogP contribution >= 0.6 is 0 Å². The predicted molar refractivity (Wildman–Crippen MR) is 77.4 cm³/mol. The van der Waals surface area contributed by atoms with E-state index in [0.29, 0.717) is 6.10 Å². The normalized spacial score (nSPS) is 30.9. The molecule has 0 bridgehead atoms. The summed E-state index contributed by atoms with van der Waals surface area (Å²) in [5.41, 5.74) is 1.53. The van der Waals surface area contributed by atoms with Gasteiger partial charge < -0.3 is 9.47 Å². The Labute approximate surface area is 121 Å². The van der Waals surface area contributed by atoms with Gasteiger partial charge in [-0.15, -0.1) is 0 Å². The summed E-state index contributed by atoms with van der Waals surface area (Å²) in [6, 6.07) is 4.21. The van der Waals surface area contributed by atoms with Crippen LogP contribution in [0.3, 0.4) is 0 Å². The van der Waals surface area contributed by atoms with Crippen LogP contribution in [0.5, 0.6) is 0 Å². The van der Waals surface area contributed by atoms with Crippen LogP contribution in [0.2, 0.25) is 0 Å². The van der Waals surface area contributed by atoms with Crippen LogP contribution in [0.1, 0.15) is 24.8 Å². The number of pyridine rings is 1. The van der Waals surface area contributed by atoms with Crippen molar-refractivity contribution >= 4 is 0 Å². The molecule has 0 unspecified atom stereocenters. The topological polar surface area (TPSA) is 34.6 Å². The van der Waals surface area contributed by atoms with Crippen LogP contribution in [-0.4, -0.2) is 49.4 Å². The van der Waals surface area contributed by atoms with Crippen LogP contribution < -0.4 is 0 Å². The van der Waals surface area contributed by atoms with Gasteiger partial charge in [0.25, 0.3) is 0 Å². The molecule has 0 saturated carbocycles. The minimum Gasteiger partial charge on any atom is -0.384 e. The molecular formula is C16H24N2O2. The summed E-state index contributed by atoms with van der Waals surface area (Å²) in [5, 5.41) is 0. The lowest BCUT2D eigenvalue weighted by Crippen LogP contribution is -2.56. The van der Waals surface area contributed by atoms with Crippen molar-refractivity contribution in [1.82, 2.24) is 9.88 Å². The highest BCUT2D eigenvalue weighted by molar-refractivity contribution is 5.10. The molecule has 0 amide bonds. The lowest BCUT2D eigenvalue weighted by molar-refractivity contribution is -0.149. The van der Waals surface area contributed by atoms with Gasteiger partial charge in [-0.2, -0.15) is 0 Å². The highest BCUT2D eigenvalue weighted by atomic mass is 16.5. The van der Waals surface area contributed by atoms with Gasteiger partial charge in [-0.1, -0.05) is 0 Å². The van der Waals surface area contributed by atoms with E-state index in [4.69, 9.17) is 9.47 Å². The van der Waals surface area contributed by atoms with E-state index in [2.05, 4.69) is 22.0 Å². The largest absolute Gasteiger partial charge is 0.384 e. The van der Waals surface area contributed by atoms with Crippen LogP contribution in [0.4, 0.5) is 0 Å². The Balaban J connectivity index is 1.70. The second-order valence-corrected chi connectivity index (χ2v) is 6.11. The molecule has 20 heavy (non-hydrogen) atoms. The molecule has 0 aliphatic carbocycles. The summed E-state index contributed by atoms with van der Waals surface area (Å²) in [5.74, 6) is 0. The standard InChI is InChI=1S/C16H24N2O2/c1-19-13-16-6-2-10-20-15(16)5-9-18(12-16)11-14-3-7-17-8-4-14/h3-4,7-8,15H,2,5-6,9-13H2,1H3/t15-,16-/m0/s1. The number of nitrogens with zero attached hydrogens (tertiary/aromatic N) is 2. The highest BCUT2D eigenvalue weighted by Gasteiger charge is 2.45. The third-order valence-electron chi connectivity index (χ3n) is 4.65. The summed E-state index contributed by atoms with van der Waals surface area (Å²) < 4.78 is 11.5. The van der Waals surface area contributed by atoms with Crippen LogP contribution in [-0.2, 0) is 16.0 Å². The molecular weight excluding hydrogens is 252 g/mol. The molecule has 4 nitrogen and oxygen atoms in total. The first-order chi connectivity index (χ1) is 9.82. The SMILES string of the molecule is COC[C@@]12CCCO[C@H]1CCN(Cc1ccncc1)C2. The average molecular weight is 276 g/mol. The Hall–Kier alpha value is -0.970. The van der Waals surface area contributed by atoms with Crippen molar-refractivity contribution in [2.24, 2.45) is 5.41 Å². The van der Waals surface area contributed by atoms with Gasteiger partial charge >= 0.3 is 0 Å². The fourth-order valence-electron chi connectivity index (χ4n) is 3.76. The molecule has 0 N–H and O–H groups in total. The van der Waals surface area contributed by atoms with Crippen LogP contribution in [0.15, 0.2) is 24.5 Å². The van der Waals surface area contributed by atoms with E-state index in [0.717, 1.165) is 45.7 Å². The predicted octanol–water partition coefficient (Wildman–Crippen LogP) is 2.10. The monoisotopic (exact) mass is 276 g/mol.